The van der Waals surface area contributed by atoms with Crippen molar-refractivity contribution in [2.45, 2.75) is 19.5 Å². The summed E-state index contributed by atoms with van der Waals surface area (Å²) in [7, 11) is 1.60. The average molecular weight is 481 g/mol. The maximum absolute atomic E-state index is 12.8. The minimum atomic E-state index is -0.433. The summed E-state index contributed by atoms with van der Waals surface area (Å²) in [6.07, 6.45) is 1.70. The van der Waals surface area contributed by atoms with Crippen molar-refractivity contribution in [3.05, 3.63) is 64.0 Å². The highest BCUT2D eigenvalue weighted by molar-refractivity contribution is 7.12. The molecule has 0 saturated carbocycles. The zero-order valence-corrected chi connectivity index (χ0v) is 19.4. The standard InChI is InChI=1S/C23H24N6O4S/c1-13(11-30)26-21(31)18-7-15(10-29-20(18)27-23(24)28-29)16-8-19(34-12-16)22(32)25-9-14-4-3-5-17(6-14)33-2/h3-8,10,12-13,30H,9,11H2,1-2H3,(H2,24,28)(H,25,32)(H,26,31)/t13-/m0/s1. The molecule has 3 heterocycles. The molecule has 0 aliphatic carbocycles. The number of carbonyl (C=O) groups excluding carboxylic acids is 2. The zero-order valence-electron chi connectivity index (χ0n) is 18.6. The number of thiophene rings is 1. The van der Waals surface area contributed by atoms with E-state index in [1.54, 1.807) is 32.4 Å². The molecule has 0 spiro atoms. The number of aliphatic hydroxyl groups excluding tert-OH is 1. The number of nitrogen functional groups attached to an aromatic ring is 1. The number of ether oxygens (including phenoxy) is 1. The molecule has 34 heavy (non-hydrogen) atoms. The van der Waals surface area contributed by atoms with Crippen LogP contribution in [0.4, 0.5) is 5.95 Å². The highest BCUT2D eigenvalue weighted by Crippen LogP contribution is 2.28. The number of amides is 2. The number of aliphatic hydroxyl groups is 1. The van der Waals surface area contributed by atoms with Crippen LogP contribution in [-0.4, -0.2) is 51.3 Å². The smallest absolute Gasteiger partial charge is 0.261 e. The lowest BCUT2D eigenvalue weighted by Gasteiger charge is -2.12. The number of hydrogen-bond acceptors (Lipinski definition) is 8. The number of carbonyl (C=O) groups is 2. The van der Waals surface area contributed by atoms with Crippen LogP contribution in [0.5, 0.6) is 5.75 Å². The third kappa shape index (κ3) is 5.00. The Morgan fingerprint density at radius 1 is 1.24 bits per heavy atom. The lowest BCUT2D eigenvalue weighted by atomic mass is 10.1. The molecule has 11 heteroatoms. The minimum absolute atomic E-state index is 0.0318. The predicted molar refractivity (Wildman–Crippen MR) is 129 cm³/mol. The average Bonchev–Trinajstić information content (AvgIpc) is 3.48. The molecule has 3 aromatic heterocycles. The topological polar surface area (TPSA) is 144 Å². The van der Waals surface area contributed by atoms with Crippen LogP contribution in [-0.2, 0) is 6.54 Å². The Morgan fingerprint density at radius 3 is 2.82 bits per heavy atom. The summed E-state index contributed by atoms with van der Waals surface area (Å²) in [4.78, 5) is 30.1. The minimum Gasteiger partial charge on any atom is -0.497 e. The quantitative estimate of drug-likeness (QED) is 0.302. The Kier molecular flexibility index (Phi) is 6.75. The van der Waals surface area contributed by atoms with Gasteiger partial charge in [0.25, 0.3) is 11.8 Å². The van der Waals surface area contributed by atoms with E-state index in [1.807, 2.05) is 29.6 Å². The summed E-state index contributed by atoms with van der Waals surface area (Å²) < 4.78 is 6.65. The van der Waals surface area contributed by atoms with Crippen LogP contribution in [0.1, 0.15) is 32.5 Å². The van der Waals surface area contributed by atoms with Crippen molar-refractivity contribution in [3.8, 4) is 16.9 Å². The van der Waals surface area contributed by atoms with Gasteiger partial charge in [-0.2, -0.15) is 4.98 Å². The van der Waals surface area contributed by atoms with Crippen molar-refractivity contribution < 1.29 is 19.4 Å². The van der Waals surface area contributed by atoms with Gasteiger partial charge in [0.15, 0.2) is 5.65 Å². The molecule has 10 nitrogen and oxygen atoms in total. The number of pyridine rings is 1. The first-order valence-electron chi connectivity index (χ1n) is 10.5. The van der Waals surface area contributed by atoms with Crippen molar-refractivity contribution in [1.82, 2.24) is 25.2 Å². The van der Waals surface area contributed by atoms with E-state index in [0.717, 1.165) is 16.9 Å². The second kappa shape index (κ2) is 9.89. The molecule has 0 radical (unpaired) electrons. The van der Waals surface area contributed by atoms with Gasteiger partial charge in [-0.15, -0.1) is 16.4 Å². The molecule has 4 aromatic rings. The molecule has 176 valence electrons. The fourth-order valence-corrected chi connectivity index (χ4v) is 4.17. The molecule has 1 aromatic carbocycles. The van der Waals surface area contributed by atoms with Gasteiger partial charge in [0.1, 0.15) is 5.75 Å². The number of aromatic nitrogens is 3. The van der Waals surface area contributed by atoms with Gasteiger partial charge in [-0.05, 0) is 47.7 Å². The van der Waals surface area contributed by atoms with Crippen molar-refractivity contribution in [2.24, 2.45) is 0 Å². The number of nitrogens with one attached hydrogen (secondary N) is 2. The van der Waals surface area contributed by atoms with Gasteiger partial charge in [-0.3, -0.25) is 9.59 Å². The summed E-state index contributed by atoms with van der Waals surface area (Å²) in [6.45, 7) is 1.85. The van der Waals surface area contributed by atoms with Gasteiger partial charge in [0.2, 0.25) is 5.95 Å². The Hall–Kier alpha value is -3.96. The number of methoxy groups -OCH3 is 1. The molecule has 1 atom stereocenters. The largest absolute Gasteiger partial charge is 0.497 e. The first-order chi connectivity index (χ1) is 16.4. The maximum atomic E-state index is 12.8. The lowest BCUT2D eigenvalue weighted by Crippen LogP contribution is -2.35. The third-order valence-corrected chi connectivity index (χ3v) is 6.02. The second-order valence-corrected chi connectivity index (χ2v) is 8.58. The summed E-state index contributed by atoms with van der Waals surface area (Å²) in [5.41, 5.74) is 8.65. The summed E-state index contributed by atoms with van der Waals surface area (Å²) in [5, 5.41) is 20.8. The first kappa shape index (κ1) is 23.2. The van der Waals surface area contributed by atoms with Crippen molar-refractivity contribution in [1.29, 1.82) is 0 Å². The van der Waals surface area contributed by atoms with Crippen LogP contribution in [0.2, 0.25) is 0 Å². The van der Waals surface area contributed by atoms with Crippen molar-refractivity contribution >= 4 is 34.7 Å². The fraction of sp³-hybridized carbons (Fsp3) is 0.217. The fourth-order valence-electron chi connectivity index (χ4n) is 3.33. The highest BCUT2D eigenvalue weighted by atomic mass is 32.1. The monoisotopic (exact) mass is 480 g/mol. The number of rotatable bonds is 8. The Bertz CT molecular complexity index is 1350. The van der Waals surface area contributed by atoms with E-state index in [9.17, 15) is 14.7 Å². The molecule has 5 N–H and O–H groups in total. The van der Waals surface area contributed by atoms with Crippen LogP contribution >= 0.6 is 11.3 Å². The summed E-state index contributed by atoms with van der Waals surface area (Å²) in [6, 6.07) is 10.5. The van der Waals surface area contributed by atoms with Crippen LogP contribution in [0.15, 0.2) is 48.0 Å². The van der Waals surface area contributed by atoms with E-state index in [0.29, 0.717) is 22.6 Å². The normalized spacial score (nSPS) is 11.9. The number of fused-ring (bicyclic) bond motifs is 1. The molecule has 0 bridgehead atoms. The van der Waals surface area contributed by atoms with Crippen molar-refractivity contribution in [2.75, 3.05) is 19.5 Å². The number of benzene rings is 1. The number of nitrogens with zero attached hydrogens (tertiary/aromatic N) is 3. The molecule has 0 unspecified atom stereocenters. The SMILES string of the molecule is COc1cccc(CNC(=O)c2cc(-c3cc(C(=O)N[C@@H](C)CO)c4nc(N)nn4c3)cs2)c1. The van der Waals surface area contributed by atoms with E-state index < -0.39 is 11.9 Å². The van der Waals surface area contributed by atoms with Gasteiger partial charge >= 0.3 is 0 Å². The number of hydrogen-bond donors (Lipinski definition) is 4. The molecule has 0 aliphatic rings. The lowest BCUT2D eigenvalue weighted by molar-refractivity contribution is 0.0921. The molecular formula is C23H24N6O4S. The van der Waals surface area contributed by atoms with Gasteiger partial charge in [-0.1, -0.05) is 12.1 Å². The van der Waals surface area contributed by atoms with Gasteiger partial charge in [-0.25, -0.2) is 4.52 Å². The molecular weight excluding hydrogens is 456 g/mol. The number of anilines is 1. The van der Waals surface area contributed by atoms with E-state index in [2.05, 4.69) is 20.7 Å². The first-order valence-corrected chi connectivity index (χ1v) is 11.3. The predicted octanol–water partition coefficient (Wildman–Crippen LogP) is 2.09. The Morgan fingerprint density at radius 2 is 2.06 bits per heavy atom. The molecule has 4 rings (SSSR count). The molecule has 0 fully saturated rings. The third-order valence-electron chi connectivity index (χ3n) is 5.09. The van der Waals surface area contributed by atoms with Crippen molar-refractivity contribution in [3.63, 3.8) is 0 Å². The molecule has 2 amide bonds. The highest BCUT2D eigenvalue weighted by Gasteiger charge is 2.19. The van der Waals surface area contributed by atoms with Crippen LogP contribution < -0.4 is 21.1 Å². The summed E-state index contributed by atoms with van der Waals surface area (Å²) in [5.74, 6) is 0.138. The maximum Gasteiger partial charge on any atom is 0.261 e. The van der Waals surface area contributed by atoms with Gasteiger partial charge < -0.3 is 26.2 Å². The Labute approximate surface area is 199 Å². The van der Waals surface area contributed by atoms with Crippen LogP contribution in [0.3, 0.4) is 0 Å². The van der Waals surface area contributed by atoms with E-state index >= 15 is 0 Å². The van der Waals surface area contributed by atoms with E-state index in [-0.39, 0.29) is 24.0 Å². The van der Waals surface area contributed by atoms with Crippen LogP contribution in [0, 0.1) is 0 Å². The number of nitrogens with two attached hydrogens (primary N) is 1. The van der Waals surface area contributed by atoms with E-state index in [4.69, 9.17) is 10.5 Å². The second-order valence-electron chi connectivity index (χ2n) is 7.67. The van der Waals surface area contributed by atoms with E-state index in [1.165, 1.54) is 15.9 Å². The van der Waals surface area contributed by atoms with Crippen LogP contribution in [0.25, 0.3) is 16.8 Å². The molecule has 0 aliphatic heterocycles. The molecule has 0 saturated heterocycles. The van der Waals surface area contributed by atoms with Gasteiger partial charge in [0.05, 0.1) is 24.2 Å². The Balaban J connectivity index is 1.57. The zero-order chi connectivity index (χ0) is 24.2. The van der Waals surface area contributed by atoms with Gasteiger partial charge in [0, 0.05) is 24.3 Å². The summed E-state index contributed by atoms with van der Waals surface area (Å²) >= 11 is 1.29.